The van der Waals surface area contributed by atoms with Crippen LogP contribution < -0.4 is 0 Å². The molecule has 0 fully saturated rings. The van der Waals surface area contributed by atoms with Gasteiger partial charge in [0, 0.05) is 0 Å². The van der Waals surface area contributed by atoms with E-state index in [1.54, 1.807) is 0 Å². The van der Waals surface area contributed by atoms with Crippen molar-refractivity contribution in [2.24, 2.45) is 0 Å². The Balaban J connectivity index is 3.49. The number of rotatable bonds is 2. The topological polar surface area (TPSA) is 74.0 Å². The van der Waals surface area contributed by atoms with E-state index in [-0.39, 0.29) is 0 Å². The first kappa shape index (κ1) is 11.3. The predicted octanol–water partition coefficient (Wildman–Crippen LogP) is 2.24. The Hall–Kier alpha value is -1.74. The van der Waals surface area contributed by atoms with Gasteiger partial charge in [-0.25, -0.2) is 18.6 Å². The zero-order valence-corrected chi connectivity index (χ0v) is 7.79. The molecule has 1 heterocycles. The highest BCUT2D eigenvalue weighted by molar-refractivity contribution is 6.34. The fourth-order valence-electron chi connectivity index (χ4n) is 0.907. The quantitative estimate of drug-likeness (QED) is 0.849. The van der Waals surface area contributed by atoms with Crippen LogP contribution in [-0.2, 0) is 0 Å². The summed E-state index contributed by atoms with van der Waals surface area (Å²) in [5, 5.41) is 16.4. The summed E-state index contributed by atoms with van der Waals surface area (Å²) in [5.41, 5.74) is -1.86. The van der Waals surface area contributed by atoms with Crippen molar-refractivity contribution in [1.82, 2.24) is 4.98 Å². The van der Waals surface area contributed by atoms with Crippen LogP contribution in [-0.4, -0.2) is 16.1 Å². The lowest BCUT2D eigenvalue weighted by Crippen LogP contribution is -2.04. The normalized spacial score (nSPS) is 10.1. The van der Waals surface area contributed by atoms with Crippen LogP contribution in [0.2, 0.25) is 5.02 Å². The summed E-state index contributed by atoms with van der Waals surface area (Å²) in [6.07, 6.45) is -3.02. The van der Waals surface area contributed by atoms with Crippen molar-refractivity contribution in [3.63, 3.8) is 0 Å². The Morgan fingerprint density at radius 2 is 2.27 bits per heavy atom. The van der Waals surface area contributed by atoms with Crippen molar-refractivity contribution in [3.8, 4) is 6.07 Å². The van der Waals surface area contributed by atoms with E-state index in [2.05, 4.69) is 4.98 Å². The molecule has 1 N–H and O–H groups in total. The van der Waals surface area contributed by atoms with E-state index in [0.29, 0.717) is 0 Å². The van der Waals surface area contributed by atoms with E-state index in [9.17, 15) is 13.6 Å². The lowest BCUT2D eigenvalue weighted by atomic mass is 10.2. The third-order valence-corrected chi connectivity index (χ3v) is 1.93. The van der Waals surface area contributed by atoms with Gasteiger partial charge in [-0.3, -0.25) is 0 Å². The molecule has 1 aromatic heterocycles. The molecule has 0 saturated heterocycles. The summed E-state index contributed by atoms with van der Waals surface area (Å²) in [7, 11) is 0. The second-order valence-electron chi connectivity index (χ2n) is 2.47. The molecule has 1 aromatic rings. The molecular formula is C8H3ClF2N2O2. The van der Waals surface area contributed by atoms with Gasteiger partial charge in [0.15, 0.2) is 0 Å². The highest BCUT2D eigenvalue weighted by Crippen LogP contribution is 2.28. The van der Waals surface area contributed by atoms with Crippen LogP contribution in [0.3, 0.4) is 0 Å². The molecule has 7 heteroatoms. The minimum Gasteiger partial charge on any atom is -0.478 e. The summed E-state index contributed by atoms with van der Waals surface area (Å²) in [4.78, 5) is 13.8. The molecule has 0 aliphatic heterocycles. The monoisotopic (exact) mass is 232 g/mol. The average molecular weight is 233 g/mol. The zero-order chi connectivity index (χ0) is 11.6. The van der Waals surface area contributed by atoms with Crippen molar-refractivity contribution in [2.45, 2.75) is 6.43 Å². The van der Waals surface area contributed by atoms with Gasteiger partial charge >= 0.3 is 5.97 Å². The van der Waals surface area contributed by atoms with Crippen molar-refractivity contribution in [2.75, 3.05) is 0 Å². The number of pyridine rings is 1. The number of nitriles is 1. The van der Waals surface area contributed by atoms with E-state index in [1.807, 2.05) is 0 Å². The molecule has 0 saturated carbocycles. The lowest BCUT2D eigenvalue weighted by molar-refractivity contribution is 0.0696. The number of carboxylic acids is 1. The number of hydrogen-bond donors (Lipinski definition) is 1. The standard InChI is InChI=1S/C8H3ClF2N2O2/c9-5-4(8(14)15)1-3(2-12)13-6(5)7(10)11/h1,7H,(H,14,15). The second kappa shape index (κ2) is 4.19. The van der Waals surface area contributed by atoms with E-state index in [1.165, 1.54) is 6.07 Å². The molecule has 0 atom stereocenters. The summed E-state index contributed by atoms with van der Waals surface area (Å²) in [6, 6.07) is 2.32. The third kappa shape index (κ3) is 2.19. The highest BCUT2D eigenvalue weighted by atomic mass is 35.5. The molecule has 0 aromatic carbocycles. The van der Waals surface area contributed by atoms with Crippen molar-refractivity contribution < 1.29 is 18.7 Å². The minimum atomic E-state index is -3.02. The van der Waals surface area contributed by atoms with Crippen molar-refractivity contribution in [1.29, 1.82) is 5.26 Å². The maximum Gasteiger partial charge on any atom is 0.337 e. The molecule has 0 radical (unpaired) electrons. The summed E-state index contributed by atoms with van der Waals surface area (Å²) >= 11 is 5.39. The van der Waals surface area contributed by atoms with Gasteiger partial charge in [0.05, 0.1) is 10.6 Å². The van der Waals surface area contributed by atoms with Gasteiger partial charge < -0.3 is 5.11 Å². The number of aromatic carboxylic acids is 1. The Kier molecular flexibility index (Phi) is 3.17. The fourth-order valence-corrected chi connectivity index (χ4v) is 1.17. The highest BCUT2D eigenvalue weighted by Gasteiger charge is 2.21. The third-order valence-electron chi connectivity index (χ3n) is 1.53. The molecule has 78 valence electrons. The second-order valence-corrected chi connectivity index (χ2v) is 2.85. The molecule has 0 unspecified atom stereocenters. The Labute approximate surface area is 87.7 Å². The summed E-state index contributed by atoms with van der Waals surface area (Å²) in [6.45, 7) is 0. The van der Waals surface area contributed by atoms with Gasteiger partial charge in [0.25, 0.3) is 6.43 Å². The Bertz CT molecular complexity index is 457. The molecule has 0 amide bonds. The van der Waals surface area contributed by atoms with Crippen LogP contribution in [0.15, 0.2) is 6.07 Å². The number of nitrogens with zero attached hydrogens (tertiary/aromatic N) is 2. The van der Waals surface area contributed by atoms with Crippen LogP contribution in [0.5, 0.6) is 0 Å². The maximum absolute atomic E-state index is 12.3. The molecule has 15 heavy (non-hydrogen) atoms. The first-order valence-electron chi connectivity index (χ1n) is 3.59. The summed E-state index contributed by atoms with van der Waals surface area (Å²) < 4.78 is 24.7. The van der Waals surface area contributed by atoms with Gasteiger partial charge in [-0.2, -0.15) is 5.26 Å². The van der Waals surface area contributed by atoms with Crippen LogP contribution in [0.1, 0.15) is 28.2 Å². The van der Waals surface area contributed by atoms with Gasteiger partial charge in [-0.05, 0) is 6.07 Å². The fraction of sp³-hybridized carbons (Fsp3) is 0.125. The Morgan fingerprint density at radius 1 is 1.67 bits per heavy atom. The van der Waals surface area contributed by atoms with E-state index in [4.69, 9.17) is 22.0 Å². The van der Waals surface area contributed by atoms with Crippen LogP contribution in [0.25, 0.3) is 0 Å². The molecule has 0 aliphatic rings. The zero-order valence-electron chi connectivity index (χ0n) is 7.04. The SMILES string of the molecule is N#Cc1cc(C(=O)O)c(Cl)c(C(F)F)n1. The smallest absolute Gasteiger partial charge is 0.337 e. The van der Waals surface area contributed by atoms with Crippen molar-refractivity contribution >= 4 is 17.6 Å². The van der Waals surface area contributed by atoms with Crippen LogP contribution in [0.4, 0.5) is 8.78 Å². The van der Waals surface area contributed by atoms with Crippen LogP contribution in [0, 0.1) is 11.3 Å². The largest absolute Gasteiger partial charge is 0.478 e. The number of carbonyl (C=O) groups is 1. The molecular weight excluding hydrogens is 230 g/mol. The number of halogens is 3. The van der Waals surface area contributed by atoms with E-state index in [0.717, 1.165) is 6.07 Å². The lowest BCUT2D eigenvalue weighted by Gasteiger charge is -2.05. The minimum absolute atomic E-state index is 0.410. The number of carboxylic acid groups (broad SMARTS) is 1. The van der Waals surface area contributed by atoms with Gasteiger partial charge in [-0.15, -0.1) is 0 Å². The Morgan fingerprint density at radius 3 is 2.67 bits per heavy atom. The molecule has 4 nitrogen and oxygen atoms in total. The van der Waals surface area contributed by atoms with E-state index >= 15 is 0 Å². The van der Waals surface area contributed by atoms with Crippen LogP contribution >= 0.6 is 11.6 Å². The van der Waals surface area contributed by atoms with Gasteiger partial charge in [0.1, 0.15) is 17.5 Å². The summed E-state index contributed by atoms with van der Waals surface area (Å²) in [5.74, 6) is -1.49. The maximum atomic E-state index is 12.3. The molecule has 0 bridgehead atoms. The number of aromatic nitrogens is 1. The molecule has 0 spiro atoms. The van der Waals surface area contributed by atoms with Crippen molar-refractivity contribution in [3.05, 3.63) is 28.0 Å². The van der Waals surface area contributed by atoms with E-state index < -0.39 is 34.4 Å². The number of alkyl halides is 2. The number of hydrogen-bond acceptors (Lipinski definition) is 3. The first-order valence-corrected chi connectivity index (χ1v) is 3.97. The van der Waals surface area contributed by atoms with Gasteiger partial charge in [-0.1, -0.05) is 11.6 Å². The van der Waals surface area contributed by atoms with Gasteiger partial charge in [0.2, 0.25) is 0 Å². The predicted molar refractivity (Wildman–Crippen MR) is 45.9 cm³/mol. The molecule has 1 rings (SSSR count). The first-order chi connectivity index (χ1) is 6.97. The average Bonchev–Trinajstić information content (AvgIpc) is 2.17. The molecule has 0 aliphatic carbocycles.